The summed E-state index contributed by atoms with van der Waals surface area (Å²) in [6.07, 6.45) is 1.97. The number of nitrogens with one attached hydrogen (secondary N) is 1. The largest absolute Gasteiger partial charge is 0.483 e. The fourth-order valence-corrected chi connectivity index (χ4v) is 2.04. The molecule has 1 aromatic rings. The monoisotopic (exact) mass is 314 g/mol. The third kappa shape index (κ3) is 4.05. The maximum absolute atomic E-state index is 11.7. The van der Waals surface area contributed by atoms with E-state index < -0.39 is 16.9 Å². The molecule has 2 rings (SSSR count). The Kier molecular flexibility index (Phi) is 4.98. The molecule has 1 aromatic carbocycles. The van der Waals surface area contributed by atoms with Gasteiger partial charge in [0.15, 0.2) is 0 Å². The number of nitro benzene ring substituents is 1. The van der Waals surface area contributed by atoms with Crippen molar-refractivity contribution in [3.63, 3.8) is 0 Å². The average molecular weight is 315 g/mol. The first-order chi connectivity index (χ1) is 10.0. The zero-order valence-electron chi connectivity index (χ0n) is 11.4. The number of esters is 1. The van der Waals surface area contributed by atoms with Crippen LogP contribution in [-0.2, 0) is 9.53 Å². The summed E-state index contributed by atoms with van der Waals surface area (Å²) in [6, 6.07) is 3.83. The molecule has 1 fully saturated rings. The maximum atomic E-state index is 11.7. The minimum absolute atomic E-state index is 0.0457. The summed E-state index contributed by atoms with van der Waals surface area (Å²) in [6.45, 7) is -0.0895. The molecular formula is C13H15ClN2O5. The van der Waals surface area contributed by atoms with Crippen LogP contribution in [-0.4, -0.2) is 36.7 Å². The van der Waals surface area contributed by atoms with E-state index in [1.165, 1.54) is 25.3 Å². The van der Waals surface area contributed by atoms with E-state index in [4.69, 9.17) is 16.3 Å². The lowest BCUT2D eigenvalue weighted by molar-refractivity contribution is -0.385. The number of carbonyl (C=O) groups is 1. The molecule has 1 aliphatic carbocycles. The van der Waals surface area contributed by atoms with Gasteiger partial charge in [-0.1, -0.05) is 17.7 Å². The smallest absolute Gasteiger partial charge is 0.326 e. The molecule has 1 saturated carbocycles. The highest BCUT2D eigenvalue weighted by Crippen LogP contribution is 2.34. The highest BCUT2D eigenvalue weighted by Gasteiger charge is 2.30. The van der Waals surface area contributed by atoms with Gasteiger partial charge < -0.3 is 9.47 Å². The molecule has 0 spiro atoms. The van der Waals surface area contributed by atoms with Crippen LogP contribution in [0.15, 0.2) is 18.2 Å². The molecule has 1 unspecified atom stereocenters. The number of benzene rings is 1. The van der Waals surface area contributed by atoms with Gasteiger partial charge in [-0.05, 0) is 18.9 Å². The molecule has 8 heteroatoms. The molecule has 114 valence electrons. The van der Waals surface area contributed by atoms with E-state index in [2.05, 4.69) is 10.1 Å². The fraction of sp³-hybridized carbons (Fsp3) is 0.462. The number of nitro groups is 1. The summed E-state index contributed by atoms with van der Waals surface area (Å²) in [7, 11) is 1.28. The second-order valence-electron chi connectivity index (χ2n) is 4.67. The predicted molar refractivity (Wildman–Crippen MR) is 75.6 cm³/mol. The topological polar surface area (TPSA) is 90.7 Å². The van der Waals surface area contributed by atoms with Crippen LogP contribution in [0.4, 0.5) is 5.69 Å². The van der Waals surface area contributed by atoms with Crippen molar-refractivity contribution in [2.45, 2.75) is 24.9 Å². The van der Waals surface area contributed by atoms with Crippen LogP contribution in [0.25, 0.3) is 0 Å². The number of ether oxygens (including phenoxy) is 2. The molecule has 1 N–H and O–H groups in total. The average Bonchev–Trinajstić information content (AvgIpc) is 3.27. The van der Waals surface area contributed by atoms with E-state index in [9.17, 15) is 14.9 Å². The normalized spacial score (nSPS) is 15.3. The van der Waals surface area contributed by atoms with E-state index in [1.807, 2.05) is 0 Å². The summed E-state index contributed by atoms with van der Waals surface area (Å²) < 4.78 is 10.1. The second-order valence-corrected chi connectivity index (χ2v) is 5.08. The van der Waals surface area contributed by atoms with Crippen LogP contribution in [0.3, 0.4) is 0 Å². The van der Waals surface area contributed by atoms with Crippen molar-refractivity contribution in [3.05, 3.63) is 33.3 Å². The molecular weight excluding hydrogens is 300 g/mol. The summed E-state index contributed by atoms with van der Waals surface area (Å²) in [5.74, 6) is -0.521. The summed E-state index contributed by atoms with van der Waals surface area (Å²) in [5.41, 5.74) is -0.238. The number of halogens is 1. The van der Waals surface area contributed by atoms with Gasteiger partial charge in [-0.3, -0.25) is 20.2 Å². The van der Waals surface area contributed by atoms with Gasteiger partial charge in [-0.25, -0.2) is 0 Å². The number of hydrogen-bond donors (Lipinski definition) is 1. The Morgan fingerprint density at radius 1 is 1.57 bits per heavy atom. The van der Waals surface area contributed by atoms with Gasteiger partial charge in [0.2, 0.25) is 5.75 Å². The van der Waals surface area contributed by atoms with Crippen LogP contribution in [0.5, 0.6) is 5.75 Å². The quantitative estimate of drug-likeness (QED) is 0.470. The Morgan fingerprint density at radius 3 is 2.86 bits per heavy atom. The summed E-state index contributed by atoms with van der Waals surface area (Å²) in [4.78, 5) is 22.0. The van der Waals surface area contributed by atoms with Gasteiger partial charge in [0.1, 0.15) is 12.6 Å². The maximum Gasteiger partial charge on any atom is 0.326 e. The van der Waals surface area contributed by atoms with Crippen LogP contribution in [0.2, 0.25) is 5.02 Å². The number of methoxy groups -OCH3 is 1. The van der Waals surface area contributed by atoms with Crippen molar-refractivity contribution in [1.82, 2.24) is 5.32 Å². The Bertz CT molecular complexity index is 547. The predicted octanol–water partition coefficient (Wildman–Crippen LogP) is 1.92. The summed E-state index contributed by atoms with van der Waals surface area (Å²) >= 11 is 5.92. The van der Waals surface area contributed by atoms with Gasteiger partial charge in [-0.15, -0.1) is 0 Å². The second kappa shape index (κ2) is 6.73. The standard InChI is InChI=1S/C13H15ClN2O5/c1-20-13(17)10(15-8-5-6-8)7-21-12-9(14)3-2-4-11(12)16(18)19/h2-4,8,10,15H,5-7H2,1H3. The number of hydrogen-bond acceptors (Lipinski definition) is 6. The molecule has 0 radical (unpaired) electrons. The number of carbonyl (C=O) groups excluding carboxylic acids is 1. The van der Waals surface area contributed by atoms with E-state index in [1.54, 1.807) is 0 Å². The van der Waals surface area contributed by atoms with Crippen LogP contribution in [0.1, 0.15) is 12.8 Å². The molecule has 21 heavy (non-hydrogen) atoms. The lowest BCUT2D eigenvalue weighted by Crippen LogP contribution is -2.43. The SMILES string of the molecule is COC(=O)C(COc1c(Cl)cccc1[N+](=O)[O-])NC1CC1. The molecule has 0 saturated heterocycles. The Morgan fingerprint density at radius 2 is 2.29 bits per heavy atom. The van der Waals surface area contributed by atoms with Crippen molar-refractivity contribution in [1.29, 1.82) is 0 Å². The molecule has 0 aliphatic heterocycles. The third-order valence-electron chi connectivity index (χ3n) is 3.04. The van der Waals surface area contributed by atoms with Crippen LogP contribution >= 0.6 is 11.6 Å². The minimum Gasteiger partial charge on any atom is -0.483 e. The number of nitrogens with zero attached hydrogens (tertiary/aromatic N) is 1. The zero-order chi connectivity index (χ0) is 15.4. The van der Waals surface area contributed by atoms with E-state index >= 15 is 0 Å². The van der Waals surface area contributed by atoms with Gasteiger partial charge >= 0.3 is 11.7 Å². The number of rotatable bonds is 7. The molecule has 1 atom stereocenters. The molecule has 0 bridgehead atoms. The third-order valence-corrected chi connectivity index (χ3v) is 3.33. The Hall–Kier alpha value is -1.86. The first-order valence-electron chi connectivity index (χ1n) is 6.42. The first-order valence-corrected chi connectivity index (χ1v) is 6.80. The Labute approximate surface area is 126 Å². The van der Waals surface area contributed by atoms with Crippen molar-refractivity contribution in [2.75, 3.05) is 13.7 Å². The van der Waals surface area contributed by atoms with Crippen molar-refractivity contribution < 1.29 is 19.2 Å². The first kappa shape index (κ1) is 15.5. The zero-order valence-corrected chi connectivity index (χ0v) is 12.1. The number of para-hydroxylation sites is 1. The molecule has 0 heterocycles. The minimum atomic E-state index is -0.682. The van der Waals surface area contributed by atoms with Crippen LogP contribution < -0.4 is 10.1 Å². The molecule has 1 aliphatic rings. The lowest BCUT2D eigenvalue weighted by Gasteiger charge is -2.17. The summed E-state index contributed by atoms with van der Waals surface area (Å²) in [5, 5.41) is 14.1. The lowest BCUT2D eigenvalue weighted by atomic mass is 10.3. The van der Waals surface area contributed by atoms with E-state index in [-0.39, 0.29) is 29.1 Å². The molecule has 0 amide bonds. The van der Waals surface area contributed by atoms with Crippen molar-refractivity contribution >= 4 is 23.3 Å². The van der Waals surface area contributed by atoms with Crippen LogP contribution in [0, 0.1) is 10.1 Å². The van der Waals surface area contributed by atoms with Gasteiger partial charge in [0.05, 0.1) is 17.1 Å². The van der Waals surface area contributed by atoms with Crippen molar-refractivity contribution in [2.24, 2.45) is 0 Å². The molecule has 0 aromatic heterocycles. The molecule has 7 nitrogen and oxygen atoms in total. The van der Waals surface area contributed by atoms with E-state index in [0.29, 0.717) is 0 Å². The van der Waals surface area contributed by atoms with E-state index in [0.717, 1.165) is 12.8 Å². The fourth-order valence-electron chi connectivity index (χ4n) is 1.81. The Balaban J connectivity index is 2.09. The highest BCUT2D eigenvalue weighted by molar-refractivity contribution is 6.32. The van der Waals surface area contributed by atoms with Gasteiger partial charge in [0.25, 0.3) is 0 Å². The van der Waals surface area contributed by atoms with Gasteiger partial charge in [0, 0.05) is 12.1 Å². The highest BCUT2D eigenvalue weighted by atomic mass is 35.5. The van der Waals surface area contributed by atoms with Crippen molar-refractivity contribution in [3.8, 4) is 5.75 Å². The van der Waals surface area contributed by atoms with Gasteiger partial charge in [-0.2, -0.15) is 0 Å².